The molecule has 3 heteroatoms. The Morgan fingerprint density at radius 3 is 2.70 bits per heavy atom. The first-order chi connectivity index (χ1) is 9.59. The summed E-state index contributed by atoms with van der Waals surface area (Å²) in [5.41, 5.74) is 0.518. The molecule has 3 nitrogen and oxygen atoms in total. The molecule has 1 saturated heterocycles. The van der Waals surface area contributed by atoms with Crippen LogP contribution >= 0.6 is 0 Å². The number of hydrogen-bond donors (Lipinski definition) is 0. The molecule has 3 rings (SSSR count). The SMILES string of the molecule is CC1(C)COCCN1C(=O)c1cccc2ccccc12. The van der Waals surface area contributed by atoms with E-state index in [-0.39, 0.29) is 11.4 Å². The summed E-state index contributed by atoms with van der Waals surface area (Å²) in [5.74, 6) is 0.0927. The number of amides is 1. The van der Waals surface area contributed by atoms with Crippen LogP contribution in [-0.4, -0.2) is 36.1 Å². The smallest absolute Gasteiger partial charge is 0.255 e. The van der Waals surface area contributed by atoms with Crippen molar-refractivity contribution in [2.75, 3.05) is 19.8 Å². The molecule has 0 unspecified atom stereocenters. The van der Waals surface area contributed by atoms with Gasteiger partial charge in [0.05, 0.1) is 18.8 Å². The van der Waals surface area contributed by atoms with Crippen LogP contribution in [0.3, 0.4) is 0 Å². The Morgan fingerprint density at radius 2 is 1.90 bits per heavy atom. The van der Waals surface area contributed by atoms with Gasteiger partial charge in [0.2, 0.25) is 0 Å². The van der Waals surface area contributed by atoms with E-state index in [4.69, 9.17) is 4.74 Å². The number of morpholine rings is 1. The number of hydrogen-bond acceptors (Lipinski definition) is 2. The second-order valence-corrected chi connectivity index (χ2v) is 5.85. The van der Waals surface area contributed by atoms with Crippen LogP contribution in [-0.2, 0) is 4.74 Å². The van der Waals surface area contributed by atoms with Gasteiger partial charge in [0, 0.05) is 12.1 Å². The van der Waals surface area contributed by atoms with E-state index in [0.29, 0.717) is 19.8 Å². The van der Waals surface area contributed by atoms with Gasteiger partial charge in [-0.3, -0.25) is 4.79 Å². The summed E-state index contributed by atoms with van der Waals surface area (Å²) in [7, 11) is 0. The maximum atomic E-state index is 12.9. The van der Waals surface area contributed by atoms with E-state index in [1.807, 2.05) is 47.4 Å². The number of benzene rings is 2. The third-order valence-electron chi connectivity index (χ3n) is 3.91. The van der Waals surface area contributed by atoms with Gasteiger partial charge in [-0.2, -0.15) is 0 Å². The molecule has 2 aromatic carbocycles. The highest BCUT2D eigenvalue weighted by molar-refractivity contribution is 6.07. The van der Waals surface area contributed by atoms with Crippen LogP contribution in [0.4, 0.5) is 0 Å². The van der Waals surface area contributed by atoms with Gasteiger partial charge in [-0.1, -0.05) is 36.4 Å². The highest BCUT2D eigenvalue weighted by atomic mass is 16.5. The van der Waals surface area contributed by atoms with Crippen molar-refractivity contribution in [3.8, 4) is 0 Å². The number of ether oxygens (including phenoxy) is 1. The zero-order valence-corrected chi connectivity index (χ0v) is 11.9. The lowest BCUT2D eigenvalue weighted by atomic mass is 9.98. The van der Waals surface area contributed by atoms with E-state index in [1.165, 1.54) is 0 Å². The molecule has 1 fully saturated rings. The Morgan fingerprint density at radius 1 is 1.15 bits per heavy atom. The van der Waals surface area contributed by atoms with Gasteiger partial charge in [0.25, 0.3) is 5.91 Å². The predicted molar refractivity (Wildman–Crippen MR) is 79.9 cm³/mol. The Balaban J connectivity index is 2.04. The molecule has 1 aliphatic rings. The number of fused-ring (bicyclic) bond motifs is 1. The summed E-state index contributed by atoms with van der Waals surface area (Å²) < 4.78 is 5.49. The molecule has 104 valence electrons. The fraction of sp³-hybridized carbons (Fsp3) is 0.353. The third-order valence-corrected chi connectivity index (χ3v) is 3.91. The van der Waals surface area contributed by atoms with Crippen molar-refractivity contribution in [3.05, 3.63) is 48.0 Å². The van der Waals surface area contributed by atoms with Gasteiger partial charge >= 0.3 is 0 Å². The number of rotatable bonds is 1. The van der Waals surface area contributed by atoms with Gasteiger partial charge < -0.3 is 9.64 Å². The van der Waals surface area contributed by atoms with E-state index in [2.05, 4.69) is 13.8 Å². The first kappa shape index (κ1) is 13.1. The van der Waals surface area contributed by atoms with Crippen LogP contribution in [0, 0.1) is 0 Å². The fourth-order valence-corrected chi connectivity index (χ4v) is 2.79. The normalized spacial score (nSPS) is 18.2. The first-order valence-electron chi connectivity index (χ1n) is 6.97. The molecule has 1 heterocycles. The lowest BCUT2D eigenvalue weighted by Crippen LogP contribution is -2.55. The molecule has 0 N–H and O–H groups in total. The van der Waals surface area contributed by atoms with Crippen LogP contribution in [0.25, 0.3) is 10.8 Å². The van der Waals surface area contributed by atoms with Crippen LogP contribution in [0.2, 0.25) is 0 Å². The standard InChI is InChI=1S/C17H19NO2/c1-17(2)12-20-11-10-18(17)16(19)15-9-5-7-13-6-3-4-8-14(13)15/h3-9H,10-12H2,1-2H3. The lowest BCUT2D eigenvalue weighted by Gasteiger charge is -2.42. The minimum atomic E-state index is -0.258. The molecule has 0 aliphatic carbocycles. The van der Waals surface area contributed by atoms with Crippen LogP contribution in [0.5, 0.6) is 0 Å². The van der Waals surface area contributed by atoms with Crippen LogP contribution in [0.1, 0.15) is 24.2 Å². The zero-order valence-electron chi connectivity index (χ0n) is 11.9. The molecule has 0 saturated carbocycles. The highest BCUT2D eigenvalue weighted by Gasteiger charge is 2.34. The van der Waals surface area contributed by atoms with Crippen molar-refractivity contribution in [1.29, 1.82) is 0 Å². The first-order valence-corrected chi connectivity index (χ1v) is 6.97. The third kappa shape index (κ3) is 2.18. The van der Waals surface area contributed by atoms with Gasteiger partial charge in [-0.25, -0.2) is 0 Å². The van der Waals surface area contributed by atoms with Crippen molar-refractivity contribution in [3.63, 3.8) is 0 Å². The number of carbonyl (C=O) groups is 1. The van der Waals surface area contributed by atoms with Crippen molar-refractivity contribution in [1.82, 2.24) is 4.90 Å². The van der Waals surface area contributed by atoms with Crippen molar-refractivity contribution < 1.29 is 9.53 Å². The minimum absolute atomic E-state index is 0.0927. The molecular formula is C17H19NO2. The number of carbonyl (C=O) groups excluding carboxylic acids is 1. The zero-order chi connectivity index (χ0) is 14.2. The Kier molecular flexibility index (Phi) is 3.22. The van der Waals surface area contributed by atoms with E-state index < -0.39 is 0 Å². The van der Waals surface area contributed by atoms with Crippen molar-refractivity contribution >= 4 is 16.7 Å². The fourth-order valence-electron chi connectivity index (χ4n) is 2.79. The molecule has 0 radical (unpaired) electrons. The van der Waals surface area contributed by atoms with Gasteiger partial charge in [-0.15, -0.1) is 0 Å². The maximum absolute atomic E-state index is 12.9. The molecule has 0 atom stereocenters. The Hall–Kier alpha value is -1.87. The van der Waals surface area contributed by atoms with Gasteiger partial charge in [-0.05, 0) is 30.7 Å². The summed E-state index contributed by atoms with van der Waals surface area (Å²) in [5, 5.41) is 2.12. The summed E-state index contributed by atoms with van der Waals surface area (Å²) in [6.07, 6.45) is 0. The van der Waals surface area contributed by atoms with Crippen LogP contribution < -0.4 is 0 Å². The Bertz CT molecular complexity index is 643. The second-order valence-electron chi connectivity index (χ2n) is 5.85. The monoisotopic (exact) mass is 269 g/mol. The quantitative estimate of drug-likeness (QED) is 0.796. The molecule has 0 aromatic heterocycles. The summed E-state index contributed by atoms with van der Waals surface area (Å²) in [6, 6.07) is 13.9. The Labute approximate surface area is 119 Å². The summed E-state index contributed by atoms with van der Waals surface area (Å²) in [4.78, 5) is 14.8. The van der Waals surface area contributed by atoms with E-state index >= 15 is 0 Å². The molecule has 20 heavy (non-hydrogen) atoms. The van der Waals surface area contributed by atoms with Crippen molar-refractivity contribution in [2.45, 2.75) is 19.4 Å². The summed E-state index contributed by atoms with van der Waals surface area (Å²) >= 11 is 0. The second kappa shape index (κ2) is 4.91. The molecule has 0 spiro atoms. The average Bonchev–Trinajstić information content (AvgIpc) is 2.45. The highest BCUT2D eigenvalue weighted by Crippen LogP contribution is 2.25. The predicted octanol–water partition coefficient (Wildman–Crippen LogP) is 3.09. The molecule has 1 aliphatic heterocycles. The number of nitrogens with zero attached hydrogens (tertiary/aromatic N) is 1. The average molecular weight is 269 g/mol. The van der Waals surface area contributed by atoms with Crippen molar-refractivity contribution in [2.24, 2.45) is 0 Å². The lowest BCUT2D eigenvalue weighted by molar-refractivity contribution is -0.0369. The molecule has 1 amide bonds. The summed E-state index contributed by atoms with van der Waals surface area (Å²) in [6.45, 7) is 5.95. The van der Waals surface area contributed by atoms with E-state index in [9.17, 15) is 4.79 Å². The van der Waals surface area contributed by atoms with E-state index in [0.717, 1.165) is 16.3 Å². The molecule has 0 bridgehead atoms. The molecular weight excluding hydrogens is 250 g/mol. The van der Waals surface area contributed by atoms with E-state index in [1.54, 1.807) is 0 Å². The maximum Gasteiger partial charge on any atom is 0.255 e. The largest absolute Gasteiger partial charge is 0.377 e. The topological polar surface area (TPSA) is 29.5 Å². The van der Waals surface area contributed by atoms with Gasteiger partial charge in [0.15, 0.2) is 0 Å². The van der Waals surface area contributed by atoms with Crippen LogP contribution in [0.15, 0.2) is 42.5 Å². The van der Waals surface area contributed by atoms with Gasteiger partial charge in [0.1, 0.15) is 0 Å². The molecule has 2 aromatic rings. The minimum Gasteiger partial charge on any atom is -0.377 e.